The minimum atomic E-state index is -1.16. The highest BCUT2D eigenvalue weighted by molar-refractivity contribution is 5.94. The molecule has 0 saturated heterocycles. The van der Waals surface area contributed by atoms with Gasteiger partial charge in [-0.25, -0.2) is 9.78 Å². The van der Waals surface area contributed by atoms with Gasteiger partial charge < -0.3 is 15.2 Å². The summed E-state index contributed by atoms with van der Waals surface area (Å²) in [7, 11) is 0. The lowest BCUT2D eigenvalue weighted by Gasteiger charge is -2.05. The highest BCUT2D eigenvalue weighted by atomic mass is 16.5. The minimum Gasteiger partial charge on any atom is -0.477 e. The maximum atomic E-state index is 11.6. The second kappa shape index (κ2) is 6.59. The van der Waals surface area contributed by atoms with E-state index in [1.54, 1.807) is 0 Å². The van der Waals surface area contributed by atoms with Crippen LogP contribution in [-0.4, -0.2) is 41.7 Å². The topological polar surface area (TPSA) is 88.5 Å². The number of carboxylic acids is 1. The third-order valence-electron chi connectivity index (χ3n) is 1.94. The van der Waals surface area contributed by atoms with Gasteiger partial charge in [-0.1, -0.05) is 6.07 Å². The number of rotatable bonds is 6. The molecular formula is C11H14N2O4. The quantitative estimate of drug-likeness (QED) is 0.706. The van der Waals surface area contributed by atoms with E-state index in [9.17, 15) is 9.59 Å². The van der Waals surface area contributed by atoms with Gasteiger partial charge in [0.15, 0.2) is 0 Å². The van der Waals surface area contributed by atoms with Crippen molar-refractivity contribution in [2.45, 2.75) is 6.92 Å². The molecule has 0 aliphatic rings. The summed E-state index contributed by atoms with van der Waals surface area (Å²) in [6.07, 6.45) is 0. The van der Waals surface area contributed by atoms with Crippen LogP contribution in [0.2, 0.25) is 0 Å². The van der Waals surface area contributed by atoms with E-state index in [1.807, 2.05) is 6.92 Å². The van der Waals surface area contributed by atoms with E-state index in [1.165, 1.54) is 18.2 Å². The molecule has 92 valence electrons. The summed E-state index contributed by atoms with van der Waals surface area (Å²) in [4.78, 5) is 25.9. The number of pyridine rings is 1. The first-order chi connectivity index (χ1) is 8.15. The third kappa shape index (κ3) is 4.20. The fraction of sp³-hybridized carbons (Fsp3) is 0.364. The molecule has 0 atom stereocenters. The molecule has 2 N–H and O–H groups in total. The second-order valence-electron chi connectivity index (χ2n) is 3.17. The molecule has 0 fully saturated rings. The molecule has 0 aliphatic heterocycles. The zero-order valence-electron chi connectivity index (χ0n) is 9.47. The molecule has 0 bridgehead atoms. The fourth-order valence-corrected chi connectivity index (χ4v) is 1.15. The molecule has 1 rings (SSSR count). The van der Waals surface area contributed by atoms with E-state index in [0.29, 0.717) is 19.8 Å². The van der Waals surface area contributed by atoms with Crippen LogP contribution in [0.1, 0.15) is 27.9 Å². The molecule has 0 saturated carbocycles. The van der Waals surface area contributed by atoms with Crippen LogP contribution in [0.15, 0.2) is 18.2 Å². The number of hydrogen-bond donors (Lipinski definition) is 2. The Morgan fingerprint density at radius 1 is 1.41 bits per heavy atom. The van der Waals surface area contributed by atoms with Crippen molar-refractivity contribution in [3.8, 4) is 0 Å². The Bertz CT molecular complexity index is 406. The maximum Gasteiger partial charge on any atom is 0.354 e. The minimum absolute atomic E-state index is 0.0846. The van der Waals surface area contributed by atoms with Crippen molar-refractivity contribution < 1.29 is 19.4 Å². The highest BCUT2D eigenvalue weighted by Gasteiger charge is 2.10. The molecule has 1 aromatic heterocycles. The number of ether oxygens (including phenoxy) is 1. The summed E-state index contributed by atoms with van der Waals surface area (Å²) in [6, 6.07) is 4.27. The van der Waals surface area contributed by atoms with Gasteiger partial charge in [-0.2, -0.15) is 0 Å². The highest BCUT2D eigenvalue weighted by Crippen LogP contribution is 1.99. The number of carboxylic acid groups (broad SMARTS) is 1. The fourth-order valence-electron chi connectivity index (χ4n) is 1.15. The van der Waals surface area contributed by atoms with Crippen molar-refractivity contribution in [3.63, 3.8) is 0 Å². The first kappa shape index (κ1) is 13.1. The number of nitrogens with one attached hydrogen (secondary N) is 1. The maximum absolute atomic E-state index is 11.6. The van der Waals surface area contributed by atoms with Gasteiger partial charge in [-0.3, -0.25) is 4.79 Å². The number of aromatic nitrogens is 1. The van der Waals surface area contributed by atoms with Gasteiger partial charge in [-0.15, -0.1) is 0 Å². The zero-order valence-corrected chi connectivity index (χ0v) is 9.47. The van der Waals surface area contributed by atoms with Gasteiger partial charge in [0.05, 0.1) is 6.61 Å². The molecule has 17 heavy (non-hydrogen) atoms. The smallest absolute Gasteiger partial charge is 0.354 e. The summed E-state index contributed by atoms with van der Waals surface area (Å²) in [5.41, 5.74) is -0.0659. The van der Waals surface area contributed by atoms with Gasteiger partial charge in [0.25, 0.3) is 5.91 Å². The van der Waals surface area contributed by atoms with Crippen LogP contribution in [-0.2, 0) is 4.74 Å². The number of carbonyl (C=O) groups is 2. The molecule has 0 spiro atoms. The number of carbonyl (C=O) groups excluding carboxylic acids is 1. The predicted molar refractivity (Wildman–Crippen MR) is 60.0 cm³/mol. The lowest BCUT2D eigenvalue weighted by molar-refractivity contribution is 0.0690. The standard InChI is InChI=1S/C11H14N2O4/c1-2-17-7-6-12-10(14)8-4-3-5-9(13-8)11(15)16/h3-5H,2,6-7H2,1H3,(H,12,14)(H,15,16). The third-order valence-corrected chi connectivity index (χ3v) is 1.94. The number of amides is 1. The summed E-state index contributed by atoms with van der Waals surface area (Å²) in [5, 5.41) is 11.3. The molecule has 0 aliphatic carbocycles. The van der Waals surface area contributed by atoms with Crippen LogP contribution in [0.4, 0.5) is 0 Å². The largest absolute Gasteiger partial charge is 0.477 e. The molecule has 6 heteroatoms. The lowest BCUT2D eigenvalue weighted by atomic mass is 10.3. The van der Waals surface area contributed by atoms with Crippen molar-refractivity contribution in [2.24, 2.45) is 0 Å². The van der Waals surface area contributed by atoms with Crippen LogP contribution >= 0.6 is 0 Å². The molecule has 0 unspecified atom stereocenters. The second-order valence-corrected chi connectivity index (χ2v) is 3.17. The van der Waals surface area contributed by atoms with Crippen LogP contribution in [0.25, 0.3) is 0 Å². The number of nitrogens with zero attached hydrogens (tertiary/aromatic N) is 1. The molecular weight excluding hydrogens is 224 g/mol. The predicted octanol–water partition coefficient (Wildman–Crippen LogP) is 0.546. The van der Waals surface area contributed by atoms with E-state index < -0.39 is 11.9 Å². The Morgan fingerprint density at radius 3 is 2.76 bits per heavy atom. The average Bonchev–Trinajstić information content (AvgIpc) is 2.34. The van der Waals surface area contributed by atoms with Crippen molar-refractivity contribution in [1.82, 2.24) is 10.3 Å². The lowest BCUT2D eigenvalue weighted by Crippen LogP contribution is -2.28. The van der Waals surface area contributed by atoms with Gasteiger partial charge in [0.1, 0.15) is 11.4 Å². The van der Waals surface area contributed by atoms with Gasteiger partial charge in [-0.05, 0) is 19.1 Å². The van der Waals surface area contributed by atoms with E-state index in [-0.39, 0.29) is 11.4 Å². The van der Waals surface area contributed by atoms with E-state index in [0.717, 1.165) is 0 Å². The molecule has 6 nitrogen and oxygen atoms in total. The van der Waals surface area contributed by atoms with E-state index in [4.69, 9.17) is 9.84 Å². The van der Waals surface area contributed by atoms with Crippen molar-refractivity contribution in [1.29, 1.82) is 0 Å². The number of aromatic carboxylic acids is 1. The Morgan fingerprint density at radius 2 is 2.12 bits per heavy atom. The molecule has 1 aromatic rings. The monoisotopic (exact) mass is 238 g/mol. The van der Waals surface area contributed by atoms with Gasteiger partial charge in [0, 0.05) is 13.2 Å². The Kier molecular flexibility index (Phi) is 5.09. The van der Waals surface area contributed by atoms with Crippen LogP contribution in [0.3, 0.4) is 0 Å². The molecule has 0 radical (unpaired) electrons. The summed E-state index contributed by atoms with van der Waals surface area (Å²) in [6.45, 7) is 3.23. The normalized spacial score (nSPS) is 9.94. The van der Waals surface area contributed by atoms with E-state index in [2.05, 4.69) is 10.3 Å². The van der Waals surface area contributed by atoms with Crippen molar-refractivity contribution in [2.75, 3.05) is 19.8 Å². The Balaban J connectivity index is 2.56. The number of hydrogen-bond acceptors (Lipinski definition) is 4. The Hall–Kier alpha value is -1.95. The average molecular weight is 238 g/mol. The zero-order chi connectivity index (χ0) is 12.7. The Labute approximate surface area is 98.6 Å². The van der Waals surface area contributed by atoms with Crippen LogP contribution in [0.5, 0.6) is 0 Å². The van der Waals surface area contributed by atoms with Crippen molar-refractivity contribution in [3.05, 3.63) is 29.6 Å². The first-order valence-electron chi connectivity index (χ1n) is 5.21. The van der Waals surface area contributed by atoms with E-state index >= 15 is 0 Å². The van der Waals surface area contributed by atoms with Crippen molar-refractivity contribution >= 4 is 11.9 Å². The first-order valence-corrected chi connectivity index (χ1v) is 5.21. The summed E-state index contributed by atoms with van der Waals surface area (Å²) >= 11 is 0. The van der Waals surface area contributed by atoms with Gasteiger partial charge in [0.2, 0.25) is 0 Å². The molecule has 1 heterocycles. The summed E-state index contributed by atoms with van der Waals surface area (Å²) in [5.74, 6) is -1.57. The van der Waals surface area contributed by atoms with Crippen LogP contribution < -0.4 is 5.32 Å². The molecule has 0 aromatic carbocycles. The summed E-state index contributed by atoms with van der Waals surface area (Å²) < 4.78 is 5.05. The SMILES string of the molecule is CCOCCNC(=O)c1cccc(C(=O)O)n1. The van der Waals surface area contributed by atoms with Crippen LogP contribution in [0, 0.1) is 0 Å². The van der Waals surface area contributed by atoms with Gasteiger partial charge >= 0.3 is 5.97 Å². The molecule has 1 amide bonds.